The number of benzene rings is 1. The maximum Gasteiger partial charge on any atom is 0.568 e. The molecule has 1 aromatic carbocycles. The Morgan fingerprint density at radius 2 is 1.82 bits per heavy atom. The monoisotopic (exact) mass is 255 g/mol. The SMILES string of the molecule is CC(C)(C)OC(=O)C[P+](=O)Oc1ccccc1. The molecule has 92 valence electrons. The lowest BCUT2D eigenvalue weighted by Crippen LogP contribution is -2.25. The summed E-state index contributed by atoms with van der Waals surface area (Å²) in [5, 5.41) is 0. The minimum Gasteiger partial charge on any atom is -0.457 e. The van der Waals surface area contributed by atoms with Crippen LogP contribution in [0.3, 0.4) is 0 Å². The first-order valence-electron chi connectivity index (χ1n) is 5.26. The molecule has 0 saturated heterocycles. The molecule has 0 spiro atoms. The van der Waals surface area contributed by atoms with E-state index in [1.54, 1.807) is 45.0 Å². The molecule has 17 heavy (non-hydrogen) atoms. The predicted molar refractivity (Wildman–Crippen MR) is 65.4 cm³/mol. The fraction of sp³-hybridized carbons (Fsp3) is 0.417. The molecule has 0 radical (unpaired) electrons. The molecule has 0 aliphatic heterocycles. The molecule has 0 bridgehead atoms. The molecule has 1 rings (SSSR count). The van der Waals surface area contributed by atoms with Crippen LogP contribution in [0.15, 0.2) is 30.3 Å². The highest BCUT2D eigenvalue weighted by Crippen LogP contribution is 2.26. The topological polar surface area (TPSA) is 52.6 Å². The average Bonchev–Trinajstić information content (AvgIpc) is 2.15. The fourth-order valence-electron chi connectivity index (χ4n) is 1.11. The van der Waals surface area contributed by atoms with Gasteiger partial charge in [-0.3, -0.25) is 4.52 Å². The summed E-state index contributed by atoms with van der Waals surface area (Å²) in [7, 11) is -2.07. The zero-order chi connectivity index (χ0) is 12.9. The second kappa shape index (κ2) is 5.78. The Balaban J connectivity index is 2.43. The highest BCUT2D eigenvalue weighted by atomic mass is 31.1. The molecular weight excluding hydrogens is 239 g/mol. The zero-order valence-electron chi connectivity index (χ0n) is 10.2. The van der Waals surface area contributed by atoms with Gasteiger partial charge in [0, 0.05) is 0 Å². The van der Waals surface area contributed by atoms with E-state index in [1.165, 1.54) is 0 Å². The Kier molecular flexibility index (Phi) is 4.64. The summed E-state index contributed by atoms with van der Waals surface area (Å²) in [4.78, 5) is 11.4. The maximum atomic E-state index is 11.5. The molecule has 0 aliphatic rings. The van der Waals surface area contributed by atoms with Gasteiger partial charge in [-0.05, 0) is 37.5 Å². The molecule has 4 nitrogen and oxygen atoms in total. The first-order valence-corrected chi connectivity index (χ1v) is 6.62. The van der Waals surface area contributed by atoms with Crippen LogP contribution < -0.4 is 4.52 Å². The molecule has 0 aliphatic carbocycles. The molecule has 0 N–H and O–H groups in total. The minimum atomic E-state index is -2.07. The third-order valence-electron chi connectivity index (χ3n) is 1.63. The molecule has 5 heteroatoms. The van der Waals surface area contributed by atoms with Gasteiger partial charge in [0.05, 0.1) is 0 Å². The first kappa shape index (κ1) is 13.7. The van der Waals surface area contributed by atoms with Crippen molar-refractivity contribution in [3.8, 4) is 5.75 Å². The van der Waals surface area contributed by atoms with Crippen LogP contribution in [0.4, 0.5) is 0 Å². The third kappa shape index (κ3) is 6.03. The number of para-hydroxylation sites is 1. The van der Waals surface area contributed by atoms with Crippen molar-refractivity contribution >= 4 is 14.0 Å². The quantitative estimate of drug-likeness (QED) is 0.612. The van der Waals surface area contributed by atoms with E-state index in [-0.39, 0.29) is 6.16 Å². The van der Waals surface area contributed by atoms with Crippen LogP contribution in [0.1, 0.15) is 20.8 Å². The molecule has 1 atom stereocenters. The number of esters is 1. The molecule has 1 unspecified atom stereocenters. The highest BCUT2D eigenvalue weighted by molar-refractivity contribution is 7.40. The van der Waals surface area contributed by atoms with E-state index in [1.807, 2.05) is 6.07 Å². The summed E-state index contributed by atoms with van der Waals surface area (Å²) < 4.78 is 21.7. The van der Waals surface area contributed by atoms with Gasteiger partial charge in [-0.25, -0.2) is 4.79 Å². The molecule has 0 aromatic heterocycles. The largest absolute Gasteiger partial charge is 0.568 e. The summed E-state index contributed by atoms with van der Waals surface area (Å²) >= 11 is 0. The van der Waals surface area contributed by atoms with E-state index < -0.39 is 19.6 Å². The molecule has 0 fully saturated rings. The van der Waals surface area contributed by atoms with Crippen molar-refractivity contribution in [1.82, 2.24) is 0 Å². The van der Waals surface area contributed by atoms with Crippen molar-refractivity contribution in [2.24, 2.45) is 0 Å². The van der Waals surface area contributed by atoms with Crippen molar-refractivity contribution < 1.29 is 18.6 Å². The van der Waals surface area contributed by atoms with E-state index >= 15 is 0 Å². The Morgan fingerprint density at radius 1 is 1.24 bits per heavy atom. The van der Waals surface area contributed by atoms with Crippen LogP contribution in [-0.2, 0) is 14.1 Å². The van der Waals surface area contributed by atoms with Crippen LogP contribution in [0.2, 0.25) is 0 Å². The summed E-state index contributed by atoms with van der Waals surface area (Å²) in [5.41, 5.74) is -0.569. The number of carbonyl (C=O) groups excluding carboxylic acids is 1. The van der Waals surface area contributed by atoms with Gasteiger partial charge in [-0.15, -0.1) is 0 Å². The Hall–Kier alpha value is -1.41. The highest BCUT2D eigenvalue weighted by Gasteiger charge is 2.28. The predicted octanol–water partition coefficient (Wildman–Crippen LogP) is 3.15. The van der Waals surface area contributed by atoms with Gasteiger partial charge in [0.25, 0.3) is 6.16 Å². The van der Waals surface area contributed by atoms with Crippen molar-refractivity contribution in [3.63, 3.8) is 0 Å². The molecule has 0 saturated carbocycles. The van der Waals surface area contributed by atoms with Gasteiger partial charge in [0.15, 0.2) is 5.75 Å². The van der Waals surface area contributed by atoms with Crippen LogP contribution in [0.5, 0.6) is 5.75 Å². The second-order valence-corrected chi connectivity index (χ2v) is 5.65. The van der Waals surface area contributed by atoms with E-state index in [0.29, 0.717) is 5.75 Å². The molecule has 0 heterocycles. The first-order chi connectivity index (χ1) is 7.87. The van der Waals surface area contributed by atoms with Crippen LogP contribution in [-0.4, -0.2) is 17.7 Å². The van der Waals surface area contributed by atoms with Gasteiger partial charge in [0.1, 0.15) is 5.60 Å². The normalized spacial score (nSPS) is 11.8. The molecule has 1 aromatic rings. The minimum absolute atomic E-state index is 0.235. The van der Waals surface area contributed by atoms with E-state index in [2.05, 4.69) is 0 Å². The third-order valence-corrected chi connectivity index (χ3v) is 2.56. The van der Waals surface area contributed by atoms with Crippen molar-refractivity contribution in [2.45, 2.75) is 26.4 Å². The van der Waals surface area contributed by atoms with Gasteiger partial charge in [0.2, 0.25) is 0 Å². The summed E-state index contributed by atoms with van der Waals surface area (Å²) in [6.07, 6.45) is -0.235. The number of hydrogen-bond acceptors (Lipinski definition) is 4. The lowest BCUT2D eigenvalue weighted by Gasteiger charge is -2.17. The van der Waals surface area contributed by atoms with Crippen LogP contribution >= 0.6 is 8.03 Å². The maximum absolute atomic E-state index is 11.5. The van der Waals surface area contributed by atoms with Gasteiger partial charge >= 0.3 is 14.0 Å². The van der Waals surface area contributed by atoms with Crippen LogP contribution in [0, 0.1) is 0 Å². The Labute approximate surface area is 102 Å². The number of rotatable bonds is 4. The lowest BCUT2D eigenvalue weighted by atomic mass is 10.2. The van der Waals surface area contributed by atoms with E-state index in [4.69, 9.17) is 9.26 Å². The van der Waals surface area contributed by atoms with E-state index in [0.717, 1.165) is 0 Å². The summed E-state index contributed by atoms with van der Waals surface area (Å²) in [5.74, 6) is -0.0355. The number of carbonyl (C=O) groups is 1. The summed E-state index contributed by atoms with van der Waals surface area (Å²) in [6.45, 7) is 5.28. The van der Waals surface area contributed by atoms with E-state index in [9.17, 15) is 9.36 Å². The lowest BCUT2D eigenvalue weighted by molar-refractivity contribution is -0.151. The molecule has 0 amide bonds. The average molecular weight is 255 g/mol. The fourth-order valence-corrected chi connectivity index (χ4v) is 1.81. The van der Waals surface area contributed by atoms with Crippen molar-refractivity contribution in [3.05, 3.63) is 30.3 Å². The second-order valence-electron chi connectivity index (χ2n) is 4.48. The number of hydrogen-bond donors (Lipinski definition) is 0. The van der Waals surface area contributed by atoms with Crippen molar-refractivity contribution in [2.75, 3.05) is 6.16 Å². The smallest absolute Gasteiger partial charge is 0.457 e. The zero-order valence-corrected chi connectivity index (χ0v) is 11.1. The Bertz CT molecular complexity index is 395. The van der Waals surface area contributed by atoms with Gasteiger partial charge < -0.3 is 4.74 Å². The Morgan fingerprint density at radius 3 is 2.35 bits per heavy atom. The number of ether oxygens (including phenoxy) is 1. The van der Waals surface area contributed by atoms with Crippen LogP contribution in [0.25, 0.3) is 0 Å². The van der Waals surface area contributed by atoms with Crippen molar-refractivity contribution in [1.29, 1.82) is 0 Å². The molecular formula is C12H16O4P+. The van der Waals surface area contributed by atoms with Gasteiger partial charge in [-0.2, -0.15) is 0 Å². The standard InChI is InChI=1S/C12H16O4P/c1-12(2,3)15-11(13)9-17(14)16-10-7-5-4-6-8-10/h4-8H,9H2,1-3H3/q+1. The summed E-state index contributed by atoms with van der Waals surface area (Å²) in [6, 6.07) is 8.73. The van der Waals surface area contributed by atoms with Gasteiger partial charge in [-0.1, -0.05) is 18.2 Å².